The molecule has 5 rings (SSSR count). The molecule has 232 valence electrons. The average molecular weight is 603 g/mol. The molecule has 1 aliphatic heterocycles. The molecular formula is C33H39FN6O4. The second kappa shape index (κ2) is 14.0. The van der Waals surface area contributed by atoms with Crippen LogP contribution in [-0.4, -0.2) is 65.2 Å². The van der Waals surface area contributed by atoms with Crippen molar-refractivity contribution in [3.05, 3.63) is 89.6 Å². The highest BCUT2D eigenvalue weighted by Gasteiger charge is 2.22. The van der Waals surface area contributed by atoms with E-state index in [0.29, 0.717) is 30.5 Å². The van der Waals surface area contributed by atoms with Crippen molar-refractivity contribution in [2.24, 2.45) is 0 Å². The van der Waals surface area contributed by atoms with E-state index in [1.807, 2.05) is 58.0 Å². The Kier molecular flexibility index (Phi) is 9.89. The minimum atomic E-state index is -0.630. The Morgan fingerprint density at radius 3 is 2.45 bits per heavy atom. The molecule has 3 heterocycles. The number of nitrogens with one attached hydrogen (secondary N) is 2. The van der Waals surface area contributed by atoms with Crippen LogP contribution in [0.2, 0.25) is 0 Å². The number of anilines is 2. The Labute approximate surface area is 257 Å². The van der Waals surface area contributed by atoms with Crippen LogP contribution < -0.4 is 15.4 Å². The lowest BCUT2D eigenvalue weighted by molar-refractivity contribution is 0.0180. The van der Waals surface area contributed by atoms with Gasteiger partial charge in [-0.15, -0.1) is 0 Å². The molecule has 0 spiro atoms. The smallest absolute Gasteiger partial charge is 0.324 e. The zero-order chi connectivity index (χ0) is 31.1. The van der Waals surface area contributed by atoms with E-state index >= 15 is 0 Å². The second-order valence-electron chi connectivity index (χ2n) is 11.7. The summed E-state index contributed by atoms with van der Waals surface area (Å²) in [7, 11) is 0. The SMILES string of the molecule is Cc1cc(Oc2ccc(NC(=O)Nc3cc(C(C)(C)C)nn3-c3ccc(COCCN4CCOCC4)cc3)c(F)c2)ccn1. The van der Waals surface area contributed by atoms with Crippen molar-refractivity contribution >= 4 is 17.5 Å². The van der Waals surface area contributed by atoms with Crippen LogP contribution in [0.5, 0.6) is 11.5 Å². The predicted molar refractivity (Wildman–Crippen MR) is 167 cm³/mol. The fraction of sp³-hybridized carbons (Fsp3) is 0.364. The molecule has 0 aliphatic carbocycles. The van der Waals surface area contributed by atoms with E-state index in [-0.39, 0.29) is 11.1 Å². The third-order valence-corrected chi connectivity index (χ3v) is 7.12. The van der Waals surface area contributed by atoms with Crippen LogP contribution in [-0.2, 0) is 21.5 Å². The van der Waals surface area contributed by atoms with E-state index in [1.165, 1.54) is 12.1 Å². The van der Waals surface area contributed by atoms with Crippen molar-refractivity contribution < 1.29 is 23.4 Å². The Morgan fingerprint density at radius 2 is 1.75 bits per heavy atom. The molecule has 1 aliphatic rings. The molecule has 2 amide bonds. The lowest BCUT2D eigenvalue weighted by Crippen LogP contribution is -2.38. The maximum absolute atomic E-state index is 14.9. The van der Waals surface area contributed by atoms with Crippen LogP contribution in [0.4, 0.5) is 20.7 Å². The van der Waals surface area contributed by atoms with Crippen LogP contribution in [0.1, 0.15) is 37.7 Å². The van der Waals surface area contributed by atoms with Gasteiger partial charge in [-0.25, -0.2) is 13.9 Å². The fourth-order valence-electron chi connectivity index (χ4n) is 4.62. The zero-order valence-corrected chi connectivity index (χ0v) is 25.6. The number of pyridine rings is 1. The molecule has 2 N–H and O–H groups in total. The molecule has 1 saturated heterocycles. The van der Waals surface area contributed by atoms with Gasteiger partial charge in [-0.3, -0.25) is 15.2 Å². The van der Waals surface area contributed by atoms with Crippen LogP contribution in [0.25, 0.3) is 5.69 Å². The highest BCUT2D eigenvalue weighted by atomic mass is 19.1. The molecule has 44 heavy (non-hydrogen) atoms. The number of morpholine rings is 1. The summed E-state index contributed by atoms with van der Waals surface area (Å²) < 4.78 is 33.6. The van der Waals surface area contributed by atoms with E-state index in [1.54, 1.807) is 29.1 Å². The second-order valence-corrected chi connectivity index (χ2v) is 11.7. The Bertz CT molecular complexity index is 1560. The topological polar surface area (TPSA) is 103 Å². The normalized spacial score (nSPS) is 13.9. The summed E-state index contributed by atoms with van der Waals surface area (Å²) >= 11 is 0. The van der Waals surface area contributed by atoms with Gasteiger partial charge < -0.3 is 19.5 Å². The minimum absolute atomic E-state index is 0.0147. The molecule has 0 saturated carbocycles. The first-order valence-corrected chi connectivity index (χ1v) is 14.7. The molecule has 1 fully saturated rings. The van der Waals surface area contributed by atoms with Crippen molar-refractivity contribution in [3.63, 3.8) is 0 Å². The maximum atomic E-state index is 14.9. The third kappa shape index (κ3) is 8.40. The van der Waals surface area contributed by atoms with Gasteiger partial charge in [-0.05, 0) is 42.8 Å². The molecule has 4 aromatic rings. The highest BCUT2D eigenvalue weighted by Crippen LogP contribution is 2.28. The number of rotatable bonds is 10. The number of benzene rings is 2. The van der Waals surface area contributed by atoms with Crippen molar-refractivity contribution in [1.82, 2.24) is 19.7 Å². The first kappa shape index (κ1) is 31.1. The predicted octanol–water partition coefficient (Wildman–Crippen LogP) is 6.30. The van der Waals surface area contributed by atoms with Gasteiger partial charge in [0.1, 0.15) is 23.1 Å². The van der Waals surface area contributed by atoms with Gasteiger partial charge in [0.25, 0.3) is 0 Å². The molecule has 0 radical (unpaired) electrons. The Hall–Kier alpha value is -4.32. The number of amides is 2. The monoisotopic (exact) mass is 602 g/mol. The van der Waals surface area contributed by atoms with Crippen LogP contribution in [0, 0.1) is 12.7 Å². The number of aromatic nitrogens is 3. The quantitative estimate of drug-likeness (QED) is 0.206. The fourth-order valence-corrected chi connectivity index (χ4v) is 4.62. The molecular weight excluding hydrogens is 563 g/mol. The van der Waals surface area contributed by atoms with Gasteiger partial charge in [0.15, 0.2) is 0 Å². The molecule has 2 aromatic carbocycles. The van der Waals surface area contributed by atoms with E-state index in [9.17, 15) is 9.18 Å². The van der Waals surface area contributed by atoms with Crippen LogP contribution >= 0.6 is 0 Å². The number of carbonyl (C=O) groups excluding carboxylic acids is 1. The Balaban J connectivity index is 1.23. The van der Waals surface area contributed by atoms with E-state index < -0.39 is 11.8 Å². The summed E-state index contributed by atoms with van der Waals surface area (Å²) in [6.45, 7) is 13.5. The number of carbonyl (C=O) groups is 1. The number of nitrogens with zero attached hydrogens (tertiary/aromatic N) is 4. The average Bonchev–Trinajstić information content (AvgIpc) is 3.42. The lowest BCUT2D eigenvalue weighted by Gasteiger charge is -2.26. The van der Waals surface area contributed by atoms with Gasteiger partial charge >= 0.3 is 6.03 Å². The van der Waals surface area contributed by atoms with Crippen molar-refractivity contribution in [2.75, 3.05) is 50.1 Å². The summed E-state index contributed by atoms with van der Waals surface area (Å²) in [5, 5.41) is 10.2. The summed E-state index contributed by atoms with van der Waals surface area (Å²) in [4.78, 5) is 19.5. The minimum Gasteiger partial charge on any atom is -0.457 e. The standard InChI is InChI=1S/C33H39FN6O4/c1-23-19-27(11-12-35-23)44-26-9-10-29(28(34)20-26)36-32(41)37-31-21-30(33(2,3)4)38-40(31)25-7-5-24(6-8-25)22-43-18-15-39-13-16-42-17-14-39/h5-12,19-21H,13-18,22H2,1-4H3,(H2,36,37,41). The zero-order valence-electron chi connectivity index (χ0n) is 25.6. The van der Waals surface area contributed by atoms with Gasteiger partial charge in [0, 0.05) is 55.1 Å². The Morgan fingerprint density at radius 1 is 1.00 bits per heavy atom. The molecule has 0 unspecified atom stereocenters. The summed E-state index contributed by atoms with van der Waals surface area (Å²) in [6.07, 6.45) is 1.62. The molecule has 2 aromatic heterocycles. The number of ether oxygens (including phenoxy) is 3. The summed E-state index contributed by atoms with van der Waals surface area (Å²) in [5.74, 6) is 0.672. The number of halogens is 1. The van der Waals surface area contributed by atoms with Gasteiger partial charge in [0.2, 0.25) is 0 Å². The van der Waals surface area contributed by atoms with Crippen molar-refractivity contribution in [2.45, 2.75) is 39.7 Å². The molecule has 0 bridgehead atoms. The summed E-state index contributed by atoms with van der Waals surface area (Å²) in [5.41, 5.74) is 3.14. The van der Waals surface area contributed by atoms with Crippen molar-refractivity contribution in [3.8, 4) is 17.2 Å². The number of hydrogen-bond acceptors (Lipinski definition) is 7. The van der Waals surface area contributed by atoms with Crippen molar-refractivity contribution in [1.29, 1.82) is 0 Å². The number of urea groups is 1. The largest absolute Gasteiger partial charge is 0.457 e. The molecule has 0 atom stereocenters. The van der Waals surface area contributed by atoms with Gasteiger partial charge in [-0.2, -0.15) is 5.10 Å². The van der Waals surface area contributed by atoms with Crippen LogP contribution in [0.3, 0.4) is 0 Å². The first-order valence-electron chi connectivity index (χ1n) is 14.7. The summed E-state index contributed by atoms with van der Waals surface area (Å²) in [6, 6.07) is 16.8. The number of hydrogen-bond donors (Lipinski definition) is 2. The van der Waals surface area contributed by atoms with E-state index in [2.05, 4.69) is 20.5 Å². The highest BCUT2D eigenvalue weighted by molar-refractivity contribution is 5.99. The maximum Gasteiger partial charge on any atom is 0.324 e. The third-order valence-electron chi connectivity index (χ3n) is 7.12. The van der Waals surface area contributed by atoms with E-state index in [4.69, 9.17) is 19.3 Å². The molecule has 10 nitrogen and oxygen atoms in total. The number of aryl methyl sites for hydroxylation is 1. The molecule has 11 heteroatoms. The van der Waals surface area contributed by atoms with Gasteiger partial charge in [0.05, 0.1) is 43.5 Å². The van der Waals surface area contributed by atoms with Gasteiger partial charge in [-0.1, -0.05) is 32.9 Å². The van der Waals surface area contributed by atoms with E-state index in [0.717, 1.165) is 55.5 Å². The lowest BCUT2D eigenvalue weighted by atomic mass is 9.92. The first-order chi connectivity index (χ1) is 21.1. The van der Waals surface area contributed by atoms with Crippen LogP contribution in [0.15, 0.2) is 66.9 Å².